The van der Waals surface area contributed by atoms with Crippen molar-refractivity contribution in [2.45, 2.75) is 0 Å². The van der Waals surface area contributed by atoms with Gasteiger partial charge < -0.3 is 16.4 Å². The van der Waals surface area contributed by atoms with Crippen LogP contribution in [0.2, 0.25) is 0 Å². The van der Waals surface area contributed by atoms with E-state index in [2.05, 4.69) is 20.9 Å². The normalized spacial score (nSPS) is 9.81. The minimum atomic E-state index is -0.550. The van der Waals surface area contributed by atoms with Crippen LogP contribution in [0.1, 0.15) is 0 Å². The number of hydrogen-bond acceptors (Lipinski definition) is 4. The lowest BCUT2D eigenvalue weighted by molar-refractivity contribution is -0.117. The van der Waals surface area contributed by atoms with Crippen LogP contribution in [0.25, 0.3) is 0 Å². The molecule has 16 heavy (non-hydrogen) atoms. The first-order valence-corrected chi connectivity index (χ1v) is 5.21. The maximum Gasteiger partial charge on any atom is 0.237 e. The third-order valence-electron chi connectivity index (χ3n) is 1.73. The number of carbonyl (C=O) groups excluding carboxylic acids is 2. The lowest BCUT2D eigenvalue weighted by Crippen LogP contribution is -2.40. The molecule has 2 amide bonds. The Hall–Kier alpha value is -1.63. The van der Waals surface area contributed by atoms with E-state index in [0.29, 0.717) is 5.82 Å². The molecular formula is C9H11BrN4O2. The van der Waals surface area contributed by atoms with Crippen LogP contribution < -0.4 is 16.4 Å². The zero-order valence-corrected chi connectivity index (χ0v) is 9.98. The smallest absolute Gasteiger partial charge is 0.237 e. The van der Waals surface area contributed by atoms with Crippen LogP contribution in [-0.4, -0.2) is 29.9 Å². The molecule has 0 saturated heterocycles. The molecule has 0 aliphatic heterocycles. The van der Waals surface area contributed by atoms with Crippen molar-refractivity contribution in [1.29, 1.82) is 0 Å². The van der Waals surface area contributed by atoms with Gasteiger partial charge in [-0.3, -0.25) is 9.59 Å². The number of primary amides is 2. The van der Waals surface area contributed by atoms with Crippen molar-refractivity contribution in [1.82, 2.24) is 4.98 Å². The molecule has 0 aliphatic carbocycles. The minimum Gasteiger partial charge on any atom is -0.368 e. The number of hydrogen-bond donors (Lipinski definition) is 2. The summed E-state index contributed by atoms with van der Waals surface area (Å²) in [5.41, 5.74) is 10.1. The zero-order chi connectivity index (χ0) is 12.1. The molecule has 1 aromatic rings. The second-order valence-electron chi connectivity index (χ2n) is 3.12. The van der Waals surface area contributed by atoms with Crippen molar-refractivity contribution < 1.29 is 9.59 Å². The number of rotatable bonds is 5. The van der Waals surface area contributed by atoms with Crippen LogP contribution in [0.5, 0.6) is 0 Å². The van der Waals surface area contributed by atoms with Gasteiger partial charge in [-0.25, -0.2) is 4.98 Å². The van der Waals surface area contributed by atoms with Crippen LogP contribution in [-0.2, 0) is 9.59 Å². The molecule has 0 aromatic carbocycles. The predicted octanol–water partition coefficient (Wildman–Crippen LogP) is -0.379. The molecule has 0 fully saturated rings. The monoisotopic (exact) mass is 286 g/mol. The Balaban J connectivity index is 2.86. The summed E-state index contributed by atoms with van der Waals surface area (Å²) >= 11 is 3.23. The van der Waals surface area contributed by atoms with E-state index in [1.165, 1.54) is 4.90 Å². The number of halogens is 1. The highest BCUT2D eigenvalue weighted by Gasteiger charge is 2.12. The number of anilines is 1. The Bertz CT molecular complexity index is 377. The summed E-state index contributed by atoms with van der Waals surface area (Å²) in [7, 11) is 0. The summed E-state index contributed by atoms with van der Waals surface area (Å²) in [6.45, 7) is -0.199. The van der Waals surface area contributed by atoms with Crippen LogP contribution in [0.15, 0.2) is 22.8 Å². The summed E-state index contributed by atoms with van der Waals surface area (Å²) in [6, 6.07) is 3.41. The van der Waals surface area contributed by atoms with Gasteiger partial charge in [0.25, 0.3) is 0 Å². The zero-order valence-electron chi connectivity index (χ0n) is 8.39. The van der Waals surface area contributed by atoms with E-state index < -0.39 is 11.8 Å². The SMILES string of the molecule is NC(=O)CN(CC(N)=O)c1ccc(Br)cn1. The molecule has 4 N–H and O–H groups in total. The number of nitrogens with zero attached hydrogens (tertiary/aromatic N) is 2. The fourth-order valence-corrected chi connectivity index (χ4v) is 1.38. The highest BCUT2D eigenvalue weighted by Crippen LogP contribution is 2.14. The number of nitrogens with two attached hydrogens (primary N) is 2. The van der Waals surface area contributed by atoms with E-state index in [4.69, 9.17) is 11.5 Å². The molecule has 0 bridgehead atoms. The van der Waals surface area contributed by atoms with Crippen LogP contribution in [0.4, 0.5) is 5.82 Å². The summed E-state index contributed by atoms with van der Waals surface area (Å²) in [6.07, 6.45) is 1.56. The Kier molecular flexibility index (Phi) is 4.24. The standard InChI is InChI=1S/C9H11BrN4O2/c10-6-1-2-9(13-3-6)14(4-7(11)15)5-8(12)16/h1-3H,4-5H2,(H2,11,15)(H2,12,16). The number of carbonyl (C=O) groups is 2. The Labute approximate surface area is 101 Å². The molecule has 86 valence electrons. The minimum absolute atomic E-state index is 0.0996. The average molecular weight is 287 g/mol. The van der Waals surface area contributed by atoms with E-state index in [0.717, 1.165) is 4.47 Å². The Morgan fingerprint density at radius 1 is 1.25 bits per heavy atom. The lowest BCUT2D eigenvalue weighted by atomic mass is 10.4. The van der Waals surface area contributed by atoms with E-state index in [9.17, 15) is 9.59 Å². The maximum atomic E-state index is 10.8. The van der Waals surface area contributed by atoms with Crippen LogP contribution in [0, 0.1) is 0 Å². The molecule has 0 unspecified atom stereocenters. The van der Waals surface area contributed by atoms with Gasteiger partial charge in [-0.15, -0.1) is 0 Å². The highest BCUT2D eigenvalue weighted by molar-refractivity contribution is 9.10. The molecule has 0 radical (unpaired) electrons. The second kappa shape index (κ2) is 5.45. The van der Waals surface area contributed by atoms with E-state index in [-0.39, 0.29) is 13.1 Å². The molecule has 1 rings (SSSR count). The highest BCUT2D eigenvalue weighted by atomic mass is 79.9. The van der Waals surface area contributed by atoms with Crippen molar-refractivity contribution in [3.8, 4) is 0 Å². The van der Waals surface area contributed by atoms with Gasteiger partial charge in [0.1, 0.15) is 5.82 Å². The molecule has 6 nitrogen and oxygen atoms in total. The summed E-state index contributed by atoms with van der Waals surface area (Å²) in [5.74, 6) is -0.627. The van der Waals surface area contributed by atoms with E-state index in [1.54, 1.807) is 18.3 Å². The van der Waals surface area contributed by atoms with Gasteiger partial charge in [0, 0.05) is 10.7 Å². The third kappa shape index (κ3) is 3.85. The van der Waals surface area contributed by atoms with Crippen LogP contribution >= 0.6 is 15.9 Å². The van der Waals surface area contributed by atoms with Gasteiger partial charge in [0.05, 0.1) is 13.1 Å². The molecule has 0 aliphatic rings. The predicted molar refractivity (Wildman–Crippen MR) is 62.5 cm³/mol. The molecule has 0 atom stereocenters. The van der Waals surface area contributed by atoms with Gasteiger partial charge in [0.15, 0.2) is 0 Å². The van der Waals surface area contributed by atoms with Gasteiger partial charge in [-0.1, -0.05) is 0 Å². The van der Waals surface area contributed by atoms with Gasteiger partial charge >= 0.3 is 0 Å². The maximum absolute atomic E-state index is 10.8. The Morgan fingerprint density at radius 3 is 2.19 bits per heavy atom. The van der Waals surface area contributed by atoms with Crippen molar-refractivity contribution in [3.63, 3.8) is 0 Å². The quantitative estimate of drug-likeness (QED) is 0.770. The largest absolute Gasteiger partial charge is 0.368 e. The molecule has 0 spiro atoms. The van der Waals surface area contributed by atoms with Crippen molar-refractivity contribution in [2.75, 3.05) is 18.0 Å². The summed E-state index contributed by atoms with van der Waals surface area (Å²) in [4.78, 5) is 27.1. The summed E-state index contributed by atoms with van der Waals surface area (Å²) in [5, 5.41) is 0. The van der Waals surface area contributed by atoms with Gasteiger partial charge in [-0.2, -0.15) is 0 Å². The molecule has 1 aromatic heterocycles. The first-order valence-electron chi connectivity index (χ1n) is 4.42. The van der Waals surface area contributed by atoms with Crippen molar-refractivity contribution in [2.24, 2.45) is 11.5 Å². The molecular weight excluding hydrogens is 276 g/mol. The Morgan fingerprint density at radius 2 is 1.81 bits per heavy atom. The number of pyridine rings is 1. The number of amides is 2. The van der Waals surface area contributed by atoms with Gasteiger partial charge in [-0.05, 0) is 28.1 Å². The first-order chi connectivity index (χ1) is 7.49. The lowest BCUT2D eigenvalue weighted by Gasteiger charge is -2.20. The van der Waals surface area contributed by atoms with Crippen molar-refractivity contribution in [3.05, 3.63) is 22.8 Å². The molecule has 1 heterocycles. The van der Waals surface area contributed by atoms with Gasteiger partial charge in [0.2, 0.25) is 11.8 Å². The molecule has 0 saturated carbocycles. The average Bonchev–Trinajstić information content (AvgIpc) is 2.16. The van der Waals surface area contributed by atoms with E-state index in [1.807, 2.05) is 0 Å². The first kappa shape index (κ1) is 12.4. The van der Waals surface area contributed by atoms with Crippen LogP contribution in [0.3, 0.4) is 0 Å². The topological polar surface area (TPSA) is 102 Å². The fraction of sp³-hybridized carbons (Fsp3) is 0.222. The summed E-state index contributed by atoms with van der Waals surface area (Å²) < 4.78 is 0.800. The van der Waals surface area contributed by atoms with Crippen molar-refractivity contribution >= 4 is 33.6 Å². The van der Waals surface area contributed by atoms with E-state index >= 15 is 0 Å². The fourth-order valence-electron chi connectivity index (χ4n) is 1.15. The second-order valence-corrected chi connectivity index (χ2v) is 4.04. The molecule has 7 heteroatoms. The number of aromatic nitrogens is 1. The third-order valence-corrected chi connectivity index (χ3v) is 2.20.